The van der Waals surface area contributed by atoms with Crippen LogP contribution < -0.4 is 0 Å². The SMILES string of the molecule is CCCCCc1cc(F)c(CCC2CCc3c(cc(F)c(C#N)c3F)C2)c(F)c1. The second kappa shape index (κ2) is 9.43. The maximum Gasteiger partial charge on any atom is 0.147 e. The highest BCUT2D eigenvalue weighted by atomic mass is 19.1. The Hall–Kier alpha value is -2.35. The summed E-state index contributed by atoms with van der Waals surface area (Å²) in [5, 5.41) is 8.89. The first-order chi connectivity index (χ1) is 13.9. The number of fused-ring (bicyclic) bond motifs is 1. The zero-order valence-corrected chi connectivity index (χ0v) is 16.6. The number of benzene rings is 2. The van der Waals surface area contributed by atoms with Crippen LogP contribution in [0.1, 0.15) is 66.8 Å². The number of rotatable bonds is 7. The van der Waals surface area contributed by atoms with Crippen molar-refractivity contribution in [3.63, 3.8) is 0 Å². The molecule has 0 bridgehead atoms. The summed E-state index contributed by atoms with van der Waals surface area (Å²) >= 11 is 0. The van der Waals surface area contributed by atoms with Crippen molar-refractivity contribution in [3.05, 3.63) is 69.3 Å². The van der Waals surface area contributed by atoms with Crippen LogP contribution in [0.2, 0.25) is 0 Å². The van der Waals surface area contributed by atoms with Crippen molar-refractivity contribution in [2.75, 3.05) is 0 Å². The molecule has 0 aromatic heterocycles. The number of halogens is 4. The topological polar surface area (TPSA) is 23.8 Å². The van der Waals surface area contributed by atoms with Gasteiger partial charge in [-0.1, -0.05) is 19.8 Å². The van der Waals surface area contributed by atoms with E-state index >= 15 is 0 Å². The molecule has 1 aliphatic carbocycles. The average molecular weight is 403 g/mol. The summed E-state index contributed by atoms with van der Waals surface area (Å²) in [6.45, 7) is 2.08. The molecule has 0 N–H and O–H groups in total. The predicted octanol–water partition coefficient (Wildman–Crippen LogP) is 6.59. The van der Waals surface area contributed by atoms with E-state index in [1.165, 1.54) is 18.2 Å². The van der Waals surface area contributed by atoms with Crippen LogP contribution in [0.15, 0.2) is 18.2 Å². The van der Waals surface area contributed by atoms with E-state index in [2.05, 4.69) is 6.92 Å². The monoisotopic (exact) mass is 403 g/mol. The lowest BCUT2D eigenvalue weighted by Crippen LogP contribution is -2.18. The second-order valence-corrected chi connectivity index (χ2v) is 7.94. The first kappa shape index (κ1) is 21.4. The maximum atomic E-state index is 14.4. The highest BCUT2D eigenvalue weighted by Gasteiger charge is 2.25. The normalized spacial score (nSPS) is 15.8. The summed E-state index contributed by atoms with van der Waals surface area (Å²) in [5.74, 6) is -2.54. The van der Waals surface area contributed by atoms with Gasteiger partial charge >= 0.3 is 0 Å². The molecule has 2 aromatic carbocycles. The minimum absolute atomic E-state index is 0.0900. The van der Waals surface area contributed by atoms with Gasteiger partial charge in [-0.3, -0.25) is 0 Å². The molecule has 2 aromatic rings. The molecule has 3 rings (SSSR count). The minimum atomic E-state index is -0.847. The van der Waals surface area contributed by atoms with E-state index < -0.39 is 28.8 Å². The van der Waals surface area contributed by atoms with Gasteiger partial charge in [0.05, 0.1) is 0 Å². The molecule has 1 aliphatic rings. The molecular formula is C24H25F4N. The van der Waals surface area contributed by atoms with E-state index in [1.54, 1.807) is 6.07 Å². The van der Waals surface area contributed by atoms with Crippen LogP contribution in [0.25, 0.3) is 0 Å². The van der Waals surface area contributed by atoms with E-state index in [0.29, 0.717) is 48.8 Å². The van der Waals surface area contributed by atoms with Gasteiger partial charge in [-0.05, 0) is 85.8 Å². The van der Waals surface area contributed by atoms with Gasteiger partial charge in [-0.15, -0.1) is 0 Å². The lowest BCUT2D eigenvalue weighted by Gasteiger charge is -2.25. The highest BCUT2D eigenvalue weighted by Crippen LogP contribution is 2.33. The third-order valence-electron chi connectivity index (χ3n) is 5.91. The number of unbranched alkanes of at least 4 members (excludes halogenated alkanes) is 2. The first-order valence-corrected chi connectivity index (χ1v) is 10.3. The molecule has 0 fully saturated rings. The summed E-state index contributed by atoms with van der Waals surface area (Å²) in [5.41, 5.74) is 1.19. The van der Waals surface area contributed by atoms with Crippen LogP contribution in [0.5, 0.6) is 0 Å². The molecule has 5 heteroatoms. The Morgan fingerprint density at radius 3 is 2.38 bits per heavy atom. The molecule has 0 saturated heterocycles. The summed E-state index contributed by atoms with van der Waals surface area (Å²) in [7, 11) is 0. The van der Waals surface area contributed by atoms with Crippen LogP contribution in [0, 0.1) is 40.5 Å². The van der Waals surface area contributed by atoms with Gasteiger partial charge in [0.25, 0.3) is 0 Å². The minimum Gasteiger partial charge on any atom is -0.207 e. The molecular weight excluding hydrogens is 378 g/mol. The highest BCUT2D eigenvalue weighted by molar-refractivity contribution is 5.42. The third kappa shape index (κ3) is 4.80. The van der Waals surface area contributed by atoms with Gasteiger partial charge in [0.2, 0.25) is 0 Å². The largest absolute Gasteiger partial charge is 0.207 e. The standard InChI is InChI=1S/C24H25F4N/c1-2-3-4-5-16-11-21(25)19(22(26)12-16)9-7-15-6-8-18-17(10-15)13-23(27)20(14-29)24(18)28/h11-13,15H,2-10H2,1H3. The van der Waals surface area contributed by atoms with Crippen LogP contribution >= 0.6 is 0 Å². The number of hydrogen-bond donors (Lipinski definition) is 0. The fraction of sp³-hybridized carbons (Fsp3) is 0.458. The summed E-state index contributed by atoms with van der Waals surface area (Å²) in [6.07, 6.45) is 5.98. The van der Waals surface area contributed by atoms with Gasteiger partial charge in [-0.25, -0.2) is 17.6 Å². The molecule has 0 radical (unpaired) electrons. The van der Waals surface area contributed by atoms with E-state index in [-0.39, 0.29) is 17.9 Å². The Morgan fingerprint density at radius 1 is 1.00 bits per heavy atom. The summed E-state index contributed by atoms with van der Waals surface area (Å²) in [6, 6.07) is 5.66. The zero-order chi connectivity index (χ0) is 21.0. The van der Waals surface area contributed by atoms with Crippen LogP contribution in [0.3, 0.4) is 0 Å². The Morgan fingerprint density at radius 2 is 1.72 bits per heavy atom. The molecule has 29 heavy (non-hydrogen) atoms. The van der Waals surface area contributed by atoms with E-state index in [0.717, 1.165) is 19.3 Å². The predicted molar refractivity (Wildman–Crippen MR) is 104 cm³/mol. The summed E-state index contributed by atoms with van der Waals surface area (Å²) < 4.78 is 57.1. The third-order valence-corrected chi connectivity index (χ3v) is 5.91. The molecule has 154 valence electrons. The Kier molecular flexibility index (Phi) is 6.95. The Balaban J connectivity index is 1.67. The van der Waals surface area contributed by atoms with E-state index in [9.17, 15) is 17.6 Å². The lowest BCUT2D eigenvalue weighted by atomic mass is 9.80. The van der Waals surface area contributed by atoms with E-state index in [1.807, 2.05) is 0 Å². The first-order valence-electron chi connectivity index (χ1n) is 10.3. The van der Waals surface area contributed by atoms with Gasteiger partial charge in [0.15, 0.2) is 0 Å². The van der Waals surface area contributed by atoms with Gasteiger partial charge < -0.3 is 0 Å². The fourth-order valence-corrected chi connectivity index (χ4v) is 4.24. The Labute approximate surface area is 169 Å². The smallest absolute Gasteiger partial charge is 0.147 e. The van der Waals surface area contributed by atoms with Crippen LogP contribution in [-0.4, -0.2) is 0 Å². The van der Waals surface area contributed by atoms with E-state index in [4.69, 9.17) is 5.26 Å². The fourth-order valence-electron chi connectivity index (χ4n) is 4.24. The number of aryl methyl sites for hydroxylation is 1. The summed E-state index contributed by atoms with van der Waals surface area (Å²) in [4.78, 5) is 0. The van der Waals surface area contributed by atoms with Crippen molar-refractivity contribution in [3.8, 4) is 6.07 Å². The van der Waals surface area contributed by atoms with Crippen LogP contribution in [-0.2, 0) is 25.7 Å². The lowest BCUT2D eigenvalue weighted by molar-refractivity contribution is 0.408. The molecule has 1 atom stereocenters. The molecule has 0 spiro atoms. The maximum absolute atomic E-state index is 14.4. The Bertz CT molecular complexity index is 906. The molecule has 0 amide bonds. The average Bonchev–Trinajstić information content (AvgIpc) is 2.67. The zero-order valence-electron chi connectivity index (χ0n) is 16.6. The number of nitriles is 1. The quantitative estimate of drug-likeness (QED) is 0.378. The van der Waals surface area contributed by atoms with Crippen molar-refractivity contribution in [2.45, 2.75) is 64.7 Å². The second-order valence-electron chi connectivity index (χ2n) is 7.94. The van der Waals surface area contributed by atoms with Crippen molar-refractivity contribution in [1.82, 2.24) is 0 Å². The molecule has 1 nitrogen and oxygen atoms in total. The van der Waals surface area contributed by atoms with Gasteiger partial charge in [0.1, 0.15) is 34.9 Å². The number of hydrogen-bond acceptors (Lipinski definition) is 1. The van der Waals surface area contributed by atoms with Crippen molar-refractivity contribution < 1.29 is 17.6 Å². The van der Waals surface area contributed by atoms with Gasteiger partial charge in [0, 0.05) is 5.56 Å². The van der Waals surface area contributed by atoms with Gasteiger partial charge in [-0.2, -0.15) is 5.26 Å². The van der Waals surface area contributed by atoms with Crippen LogP contribution in [0.4, 0.5) is 17.6 Å². The van der Waals surface area contributed by atoms with Crippen molar-refractivity contribution in [2.24, 2.45) is 5.92 Å². The molecule has 0 saturated carbocycles. The molecule has 1 unspecified atom stereocenters. The number of nitrogens with zero attached hydrogens (tertiary/aromatic N) is 1. The van der Waals surface area contributed by atoms with Crippen molar-refractivity contribution >= 4 is 0 Å². The van der Waals surface area contributed by atoms with Crippen molar-refractivity contribution in [1.29, 1.82) is 5.26 Å². The molecule has 0 aliphatic heterocycles. The molecule has 0 heterocycles.